The van der Waals surface area contributed by atoms with Gasteiger partial charge in [-0.1, -0.05) is 224 Å². The molecule has 0 aliphatic rings. The van der Waals surface area contributed by atoms with E-state index in [0.29, 0.717) is 0 Å². The number of aromatic nitrogens is 1. The molecule has 0 aliphatic heterocycles. The molecule has 0 atom stereocenters. The maximum Gasteiger partial charge on any atom is 0.0541 e. The summed E-state index contributed by atoms with van der Waals surface area (Å²) in [6.07, 6.45) is 0. The second-order valence-electron chi connectivity index (χ2n) is 18.5. The number of hydrogen-bond acceptors (Lipinski definition) is 1. The van der Waals surface area contributed by atoms with Gasteiger partial charge >= 0.3 is 0 Å². The second kappa shape index (κ2) is 18.4. The van der Waals surface area contributed by atoms with E-state index < -0.39 is 0 Å². The molecule has 0 bridgehead atoms. The lowest BCUT2D eigenvalue weighted by Crippen LogP contribution is -2.12. The van der Waals surface area contributed by atoms with E-state index in [4.69, 9.17) is 0 Å². The molecule has 12 aromatic carbocycles. The molecule has 1 aromatic heterocycles. The van der Waals surface area contributed by atoms with Crippen LogP contribution >= 0.6 is 0 Å². The zero-order chi connectivity index (χ0) is 47.8. The summed E-state index contributed by atoms with van der Waals surface area (Å²) in [5.74, 6) is 0. The van der Waals surface area contributed by atoms with Gasteiger partial charge in [0, 0.05) is 33.3 Å². The highest BCUT2D eigenvalue weighted by atomic mass is 15.1. The molecule has 0 saturated heterocycles. The molecule has 0 fully saturated rings. The zero-order valence-electron chi connectivity index (χ0n) is 39.6. The minimum Gasteiger partial charge on any atom is -0.309 e. The van der Waals surface area contributed by atoms with E-state index in [9.17, 15) is 0 Å². The molecule has 72 heavy (non-hydrogen) atoms. The van der Waals surface area contributed by atoms with E-state index in [1.807, 2.05) is 0 Å². The minimum atomic E-state index is 1.09. The molecule has 0 spiro atoms. The Hall–Kier alpha value is -9.50. The topological polar surface area (TPSA) is 8.17 Å². The Balaban J connectivity index is 0.899. The van der Waals surface area contributed by atoms with Crippen molar-refractivity contribution in [3.8, 4) is 72.4 Å². The van der Waals surface area contributed by atoms with Crippen molar-refractivity contribution in [2.75, 3.05) is 4.90 Å². The second-order valence-corrected chi connectivity index (χ2v) is 18.5. The van der Waals surface area contributed by atoms with E-state index in [1.54, 1.807) is 0 Å². The molecule has 0 saturated carbocycles. The van der Waals surface area contributed by atoms with Gasteiger partial charge < -0.3 is 9.47 Å². The third-order valence-corrected chi connectivity index (χ3v) is 14.2. The molecule has 338 valence electrons. The maximum absolute atomic E-state index is 2.45. The van der Waals surface area contributed by atoms with Crippen LogP contribution in [0.2, 0.25) is 0 Å². The highest BCUT2D eigenvalue weighted by molar-refractivity contribution is 6.11. The molecule has 2 heteroatoms. The number of anilines is 3. The van der Waals surface area contributed by atoms with Crippen LogP contribution in [-0.2, 0) is 0 Å². The average Bonchev–Trinajstić information content (AvgIpc) is 3.80. The molecular formula is C70H48N2. The van der Waals surface area contributed by atoms with E-state index in [2.05, 4.69) is 301 Å². The first kappa shape index (κ1) is 42.6. The van der Waals surface area contributed by atoms with Crippen LogP contribution in [0.25, 0.3) is 105 Å². The van der Waals surface area contributed by atoms with Crippen LogP contribution in [0, 0.1) is 0 Å². The van der Waals surface area contributed by atoms with Gasteiger partial charge in [0.05, 0.1) is 22.4 Å². The van der Waals surface area contributed by atoms with Crippen molar-refractivity contribution in [1.82, 2.24) is 4.57 Å². The SMILES string of the molecule is c1ccc(-c2cc(-c3ccc4ccccc4c3)cc(-n3c4ccccc4c4cc(-c5ccc(-c6ccccc6N(c6ccccc6)c6ccccc6-c6ccccc6-c6ccccc6)cc5)ccc43)c2)cc1. The normalized spacial score (nSPS) is 11.3. The number of nitrogens with zero attached hydrogens (tertiary/aromatic N) is 2. The average molecular weight is 917 g/mol. The molecule has 0 aliphatic carbocycles. The maximum atomic E-state index is 2.45. The van der Waals surface area contributed by atoms with Crippen LogP contribution in [-0.4, -0.2) is 4.57 Å². The Morgan fingerprint density at radius 2 is 0.708 bits per heavy atom. The van der Waals surface area contributed by atoms with E-state index in [-0.39, 0.29) is 0 Å². The van der Waals surface area contributed by atoms with Crippen LogP contribution in [0.15, 0.2) is 291 Å². The molecule has 2 nitrogen and oxygen atoms in total. The van der Waals surface area contributed by atoms with Crippen LogP contribution in [0.3, 0.4) is 0 Å². The number of rotatable bonds is 10. The standard InChI is InChI=1S/C70H48N2/c1-4-20-49(21-5-1)57-45-58(55-41-38-50-22-10-11-25-54(50)44-55)47-60(46-57)72-69-35-19-16-32-65(69)66-48-56(42-43-70(66)72)51-36-39-53(40-37-51)62-29-14-17-33-67(62)71(59-26-8-3-9-27-59)68-34-18-15-31-64(68)63-30-13-12-28-61(63)52-23-6-2-7-24-52/h1-48H. The monoisotopic (exact) mass is 916 g/mol. The minimum absolute atomic E-state index is 1.09. The summed E-state index contributed by atoms with van der Waals surface area (Å²) < 4.78 is 2.45. The zero-order valence-corrected chi connectivity index (χ0v) is 39.6. The van der Waals surface area contributed by atoms with Crippen molar-refractivity contribution in [3.63, 3.8) is 0 Å². The van der Waals surface area contributed by atoms with E-state index in [1.165, 1.54) is 82.6 Å². The summed E-state index contributed by atoms with van der Waals surface area (Å²) in [7, 11) is 0. The van der Waals surface area contributed by atoms with Crippen molar-refractivity contribution >= 4 is 49.6 Å². The Bertz CT molecular complexity index is 4080. The van der Waals surface area contributed by atoms with Crippen LogP contribution < -0.4 is 4.90 Å². The molecule has 1 heterocycles. The smallest absolute Gasteiger partial charge is 0.0541 e. The summed E-state index contributed by atoms with van der Waals surface area (Å²) >= 11 is 0. The van der Waals surface area contributed by atoms with E-state index in [0.717, 1.165) is 39.4 Å². The predicted octanol–water partition coefficient (Wildman–Crippen LogP) is 19.4. The van der Waals surface area contributed by atoms with Crippen LogP contribution in [0.5, 0.6) is 0 Å². The van der Waals surface area contributed by atoms with Crippen molar-refractivity contribution in [1.29, 1.82) is 0 Å². The van der Waals surface area contributed by atoms with Crippen molar-refractivity contribution in [2.45, 2.75) is 0 Å². The molecular weight excluding hydrogens is 869 g/mol. The summed E-state index contributed by atoms with van der Waals surface area (Å²) in [5, 5.41) is 4.93. The van der Waals surface area contributed by atoms with Gasteiger partial charge in [-0.15, -0.1) is 0 Å². The molecule has 0 radical (unpaired) electrons. The fourth-order valence-electron chi connectivity index (χ4n) is 10.7. The Morgan fingerprint density at radius 3 is 1.46 bits per heavy atom. The van der Waals surface area contributed by atoms with Gasteiger partial charge in [-0.05, 0) is 133 Å². The molecule has 13 aromatic rings. The van der Waals surface area contributed by atoms with Gasteiger partial charge in [-0.3, -0.25) is 0 Å². The Kier molecular flexibility index (Phi) is 10.9. The third kappa shape index (κ3) is 7.82. The fraction of sp³-hybridized carbons (Fsp3) is 0. The summed E-state index contributed by atoms with van der Waals surface area (Å²) in [4.78, 5) is 2.42. The fourth-order valence-corrected chi connectivity index (χ4v) is 10.7. The van der Waals surface area contributed by atoms with Crippen molar-refractivity contribution < 1.29 is 0 Å². The van der Waals surface area contributed by atoms with Crippen molar-refractivity contribution in [3.05, 3.63) is 291 Å². The predicted molar refractivity (Wildman–Crippen MR) is 306 cm³/mol. The lowest BCUT2D eigenvalue weighted by atomic mass is 9.92. The first-order valence-electron chi connectivity index (χ1n) is 24.7. The van der Waals surface area contributed by atoms with Gasteiger partial charge in [0.15, 0.2) is 0 Å². The summed E-state index contributed by atoms with van der Waals surface area (Å²) in [6.45, 7) is 0. The van der Waals surface area contributed by atoms with E-state index >= 15 is 0 Å². The Labute approximate surface area is 420 Å². The van der Waals surface area contributed by atoms with Gasteiger partial charge in [0.2, 0.25) is 0 Å². The molecule has 13 rings (SSSR count). The number of hydrogen-bond donors (Lipinski definition) is 0. The highest BCUT2D eigenvalue weighted by Gasteiger charge is 2.22. The highest BCUT2D eigenvalue weighted by Crippen LogP contribution is 2.47. The largest absolute Gasteiger partial charge is 0.309 e. The quantitative estimate of drug-likeness (QED) is 0.133. The van der Waals surface area contributed by atoms with Crippen LogP contribution in [0.1, 0.15) is 0 Å². The number of benzene rings is 12. The van der Waals surface area contributed by atoms with Crippen LogP contribution in [0.4, 0.5) is 17.1 Å². The summed E-state index contributed by atoms with van der Waals surface area (Å²) in [5.41, 5.74) is 21.0. The third-order valence-electron chi connectivity index (χ3n) is 14.2. The van der Waals surface area contributed by atoms with Gasteiger partial charge in [0.1, 0.15) is 0 Å². The van der Waals surface area contributed by atoms with Crippen molar-refractivity contribution in [2.24, 2.45) is 0 Å². The van der Waals surface area contributed by atoms with Gasteiger partial charge in [-0.2, -0.15) is 0 Å². The van der Waals surface area contributed by atoms with Gasteiger partial charge in [-0.25, -0.2) is 0 Å². The first-order valence-corrected chi connectivity index (χ1v) is 24.7. The molecule has 0 unspecified atom stereocenters. The summed E-state index contributed by atoms with van der Waals surface area (Å²) in [6, 6.07) is 106. The first-order chi connectivity index (χ1) is 35.7. The lowest BCUT2D eigenvalue weighted by molar-refractivity contribution is 1.18. The molecule has 0 amide bonds. The molecule has 0 N–H and O–H groups in total. The Morgan fingerprint density at radius 1 is 0.236 bits per heavy atom. The lowest BCUT2D eigenvalue weighted by Gasteiger charge is -2.30. The van der Waals surface area contributed by atoms with Gasteiger partial charge in [0.25, 0.3) is 0 Å². The number of fused-ring (bicyclic) bond motifs is 4. The number of para-hydroxylation sites is 4.